The number of amides is 1. The second kappa shape index (κ2) is 8.25. The van der Waals surface area contributed by atoms with Crippen molar-refractivity contribution in [2.45, 2.75) is 26.3 Å². The number of benzene rings is 1. The molecule has 1 heterocycles. The van der Waals surface area contributed by atoms with E-state index in [1.54, 1.807) is 18.2 Å². The van der Waals surface area contributed by atoms with E-state index in [9.17, 15) is 9.59 Å². The van der Waals surface area contributed by atoms with E-state index < -0.39 is 12.0 Å². The van der Waals surface area contributed by atoms with Crippen molar-refractivity contribution in [1.82, 2.24) is 4.90 Å². The summed E-state index contributed by atoms with van der Waals surface area (Å²) < 4.78 is 15.7. The minimum absolute atomic E-state index is 0.179. The Kier molecular flexibility index (Phi) is 6.31. The minimum Gasteiger partial charge on any atom is -0.495 e. The predicted molar refractivity (Wildman–Crippen MR) is 93.7 cm³/mol. The molecule has 0 spiro atoms. The third-order valence-corrected chi connectivity index (χ3v) is 4.20. The Morgan fingerprint density at radius 2 is 1.96 bits per heavy atom. The highest BCUT2D eigenvalue weighted by Crippen LogP contribution is 2.35. The van der Waals surface area contributed by atoms with Crippen LogP contribution < -0.4 is 9.47 Å². The SMILES string of the molecule is COC(=O)C(CC(C)C)N1CC(Oc2cccc(OC)c2Cl)=CC1=O. The summed E-state index contributed by atoms with van der Waals surface area (Å²) in [6, 6.07) is 4.50. The highest BCUT2D eigenvalue weighted by Gasteiger charge is 2.35. The van der Waals surface area contributed by atoms with E-state index in [4.69, 9.17) is 25.8 Å². The first-order valence-corrected chi connectivity index (χ1v) is 8.34. The molecule has 0 bridgehead atoms. The largest absolute Gasteiger partial charge is 0.495 e. The number of methoxy groups -OCH3 is 2. The summed E-state index contributed by atoms with van der Waals surface area (Å²) in [4.78, 5) is 25.8. The Balaban J connectivity index is 2.15. The fourth-order valence-electron chi connectivity index (χ4n) is 2.64. The molecule has 7 heteroatoms. The van der Waals surface area contributed by atoms with Gasteiger partial charge in [0.1, 0.15) is 28.3 Å². The normalized spacial score (nSPS) is 15.2. The zero-order valence-corrected chi connectivity index (χ0v) is 15.5. The molecule has 0 saturated heterocycles. The fourth-order valence-corrected chi connectivity index (χ4v) is 2.88. The van der Waals surface area contributed by atoms with Crippen LogP contribution in [0.25, 0.3) is 0 Å². The van der Waals surface area contributed by atoms with Crippen molar-refractivity contribution in [3.63, 3.8) is 0 Å². The number of hydrogen-bond acceptors (Lipinski definition) is 5. The van der Waals surface area contributed by atoms with Gasteiger partial charge in [0, 0.05) is 6.08 Å². The Morgan fingerprint density at radius 3 is 2.56 bits per heavy atom. The number of hydrogen-bond donors (Lipinski definition) is 0. The van der Waals surface area contributed by atoms with E-state index in [2.05, 4.69) is 0 Å². The van der Waals surface area contributed by atoms with E-state index in [0.29, 0.717) is 28.7 Å². The van der Waals surface area contributed by atoms with Gasteiger partial charge < -0.3 is 19.1 Å². The van der Waals surface area contributed by atoms with Crippen molar-refractivity contribution in [3.05, 3.63) is 35.1 Å². The van der Waals surface area contributed by atoms with Crippen LogP contribution in [-0.4, -0.2) is 43.6 Å². The predicted octanol–water partition coefficient (Wildman–Crippen LogP) is 3.04. The van der Waals surface area contributed by atoms with E-state index >= 15 is 0 Å². The van der Waals surface area contributed by atoms with Gasteiger partial charge in [-0.2, -0.15) is 0 Å². The topological polar surface area (TPSA) is 65.1 Å². The molecular formula is C18H22ClNO5. The van der Waals surface area contributed by atoms with Crippen LogP contribution in [0.4, 0.5) is 0 Å². The Bertz CT molecular complexity index is 686. The summed E-state index contributed by atoms with van der Waals surface area (Å²) >= 11 is 6.21. The van der Waals surface area contributed by atoms with Crippen molar-refractivity contribution >= 4 is 23.5 Å². The van der Waals surface area contributed by atoms with Gasteiger partial charge in [0.2, 0.25) is 0 Å². The van der Waals surface area contributed by atoms with Gasteiger partial charge in [0.05, 0.1) is 20.8 Å². The summed E-state index contributed by atoms with van der Waals surface area (Å²) in [5.74, 6) is 0.794. The Morgan fingerprint density at radius 1 is 1.28 bits per heavy atom. The quantitative estimate of drug-likeness (QED) is 0.693. The van der Waals surface area contributed by atoms with Gasteiger partial charge in [-0.1, -0.05) is 31.5 Å². The van der Waals surface area contributed by atoms with Gasteiger partial charge in [-0.3, -0.25) is 4.79 Å². The van der Waals surface area contributed by atoms with E-state index in [0.717, 1.165) is 0 Å². The molecule has 1 atom stereocenters. The number of nitrogens with zero attached hydrogens (tertiary/aromatic N) is 1. The Labute approximate surface area is 152 Å². The lowest BCUT2D eigenvalue weighted by Crippen LogP contribution is -2.44. The van der Waals surface area contributed by atoms with Crippen LogP contribution >= 0.6 is 11.6 Å². The second-order valence-corrected chi connectivity index (χ2v) is 6.50. The first kappa shape index (κ1) is 19.1. The minimum atomic E-state index is -0.643. The monoisotopic (exact) mass is 367 g/mol. The molecule has 1 aliphatic heterocycles. The van der Waals surface area contributed by atoms with Crippen LogP contribution in [-0.2, 0) is 14.3 Å². The van der Waals surface area contributed by atoms with Crippen molar-refractivity contribution in [1.29, 1.82) is 0 Å². The molecule has 0 N–H and O–H groups in total. The van der Waals surface area contributed by atoms with Crippen molar-refractivity contribution in [2.75, 3.05) is 20.8 Å². The van der Waals surface area contributed by atoms with Gasteiger partial charge in [-0.15, -0.1) is 0 Å². The lowest BCUT2D eigenvalue weighted by atomic mass is 10.0. The highest BCUT2D eigenvalue weighted by atomic mass is 35.5. The maximum absolute atomic E-state index is 12.3. The Hall–Kier alpha value is -2.21. The number of ether oxygens (including phenoxy) is 3. The molecule has 0 fully saturated rings. The summed E-state index contributed by atoms with van der Waals surface area (Å²) in [6.07, 6.45) is 1.88. The molecule has 0 saturated carbocycles. The first-order chi connectivity index (χ1) is 11.9. The third-order valence-electron chi connectivity index (χ3n) is 3.83. The van der Waals surface area contributed by atoms with Crippen LogP contribution in [0.15, 0.2) is 30.0 Å². The molecule has 136 valence electrons. The second-order valence-electron chi connectivity index (χ2n) is 6.12. The van der Waals surface area contributed by atoms with Crippen molar-refractivity contribution < 1.29 is 23.8 Å². The third kappa shape index (κ3) is 4.45. The average molecular weight is 368 g/mol. The molecule has 1 aromatic carbocycles. The molecular weight excluding hydrogens is 346 g/mol. The van der Waals surface area contributed by atoms with Gasteiger partial charge in [0.25, 0.3) is 5.91 Å². The highest BCUT2D eigenvalue weighted by molar-refractivity contribution is 6.33. The zero-order valence-electron chi connectivity index (χ0n) is 14.7. The van der Waals surface area contributed by atoms with Gasteiger partial charge in [-0.25, -0.2) is 4.79 Å². The lowest BCUT2D eigenvalue weighted by molar-refractivity contribution is -0.151. The van der Waals surface area contributed by atoms with E-state index in [-0.39, 0.29) is 18.4 Å². The van der Waals surface area contributed by atoms with Gasteiger partial charge in [0.15, 0.2) is 0 Å². The molecule has 25 heavy (non-hydrogen) atoms. The van der Waals surface area contributed by atoms with Crippen LogP contribution in [0.3, 0.4) is 0 Å². The molecule has 0 aliphatic carbocycles. The van der Waals surface area contributed by atoms with Crippen LogP contribution in [0.1, 0.15) is 20.3 Å². The average Bonchev–Trinajstić information content (AvgIpc) is 2.94. The van der Waals surface area contributed by atoms with Crippen LogP contribution in [0.2, 0.25) is 5.02 Å². The van der Waals surface area contributed by atoms with Gasteiger partial charge >= 0.3 is 5.97 Å². The summed E-state index contributed by atoms with van der Waals surface area (Å²) in [6.45, 7) is 4.15. The smallest absolute Gasteiger partial charge is 0.328 e. The first-order valence-electron chi connectivity index (χ1n) is 7.96. The molecule has 1 aliphatic rings. The number of carbonyl (C=O) groups is 2. The fraction of sp³-hybridized carbons (Fsp3) is 0.444. The van der Waals surface area contributed by atoms with Crippen LogP contribution in [0, 0.1) is 5.92 Å². The van der Waals surface area contributed by atoms with Gasteiger partial charge in [-0.05, 0) is 24.5 Å². The maximum atomic E-state index is 12.3. The summed E-state index contributed by atoms with van der Waals surface area (Å²) in [5, 5.41) is 0.323. The molecule has 0 radical (unpaired) electrons. The lowest BCUT2D eigenvalue weighted by Gasteiger charge is -2.27. The standard InChI is InChI=1S/C18H22ClNO5/c1-11(2)8-13(18(22)24-4)20-10-12(9-16(20)21)25-15-7-5-6-14(23-3)17(15)19/h5-7,9,11,13H,8,10H2,1-4H3. The zero-order chi connectivity index (χ0) is 18.6. The molecule has 1 unspecified atom stereocenters. The van der Waals surface area contributed by atoms with Crippen molar-refractivity contribution in [2.24, 2.45) is 5.92 Å². The molecule has 1 aromatic rings. The molecule has 1 amide bonds. The summed E-state index contributed by atoms with van der Waals surface area (Å²) in [5.41, 5.74) is 0. The number of halogens is 1. The number of rotatable bonds is 7. The maximum Gasteiger partial charge on any atom is 0.328 e. The van der Waals surface area contributed by atoms with E-state index in [1.165, 1.54) is 25.2 Å². The molecule has 6 nitrogen and oxygen atoms in total. The van der Waals surface area contributed by atoms with Crippen molar-refractivity contribution in [3.8, 4) is 11.5 Å². The summed E-state index contributed by atoms with van der Waals surface area (Å²) in [7, 11) is 2.83. The molecule has 2 rings (SSSR count). The van der Waals surface area contributed by atoms with Crippen LogP contribution in [0.5, 0.6) is 11.5 Å². The number of esters is 1. The van der Waals surface area contributed by atoms with E-state index in [1.807, 2.05) is 13.8 Å². The number of carbonyl (C=O) groups excluding carboxylic acids is 2. The molecule has 0 aromatic heterocycles.